The van der Waals surface area contributed by atoms with E-state index in [1.807, 2.05) is 0 Å². The summed E-state index contributed by atoms with van der Waals surface area (Å²) >= 11 is 5.75. The summed E-state index contributed by atoms with van der Waals surface area (Å²) in [6.07, 6.45) is 0. The number of halogens is 1. The number of hydrogen-bond donors (Lipinski definition) is 0. The monoisotopic (exact) mass is 251 g/mol. The van der Waals surface area contributed by atoms with Crippen molar-refractivity contribution in [3.8, 4) is 0 Å². The topological polar surface area (TPSA) is 21.1 Å². The Bertz CT molecular complexity index is 492. The highest BCUT2D eigenvalue weighted by Crippen LogP contribution is 2.19. The lowest BCUT2D eigenvalue weighted by atomic mass is 10.2. The SMILES string of the molecule is CCn1nc(CN(C)CCCl)c2ccccc21. The van der Waals surface area contributed by atoms with Crippen molar-refractivity contribution < 1.29 is 0 Å². The normalized spacial score (nSPS) is 11.5. The third-order valence-electron chi connectivity index (χ3n) is 2.92. The lowest BCUT2D eigenvalue weighted by Crippen LogP contribution is -2.20. The van der Waals surface area contributed by atoms with Crippen molar-refractivity contribution in [1.29, 1.82) is 0 Å². The Labute approximate surface area is 107 Å². The van der Waals surface area contributed by atoms with Crippen LogP contribution in [0.15, 0.2) is 24.3 Å². The van der Waals surface area contributed by atoms with Gasteiger partial charge in [-0.25, -0.2) is 0 Å². The van der Waals surface area contributed by atoms with Crippen LogP contribution in [-0.2, 0) is 13.1 Å². The van der Waals surface area contributed by atoms with Gasteiger partial charge in [0.1, 0.15) is 0 Å². The molecule has 0 saturated heterocycles. The Balaban J connectivity index is 2.33. The fourth-order valence-electron chi connectivity index (χ4n) is 2.03. The molecule has 17 heavy (non-hydrogen) atoms. The molecule has 0 radical (unpaired) electrons. The Kier molecular flexibility index (Phi) is 4.02. The molecule has 0 N–H and O–H groups in total. The minimum Gasteiger partial charge on any atom is -0.299 e. The van der Waals surface area contributed by atoms with Gasteiger partial charge >= 0.3 is 0 Å². The van der Waals surface area contributed by atoms with E-state index >= 15 is 0 Å². The van der Waals surface area contributed by atoms with Gasteiger partial charge in [-0.1, -0.05) is 18.2 Å². The van der Waals surface area contributed by atoms with E-state index in [4.69, 9.17) is 11.6 Å². The number of alkyl halides is 1. The molecule has 0 spiro atoms. The molecule has 0 amide bonds. The number of aromatic nitrogens is 2. The van der Waals surface area contributed by atoms with E-state index in [0.29, 0.717) is 5.88 Å². The predicted molar refractivity (Wildman–Crippen MR) is 72.5 cm³/mol. The van der Waals surface area contributed by atoms with Crippen LogP contribution < -0.4 is 0 Å². The number of para-hydroxylation sites is 1. The largest absolute Gasteiger partial charge is 0.299 e. The molecule has 1 heterocycles. The summed E-state index contributed by atoms with van der Waals surface area (Å²) in [6.45, 7) is 4.75. The molecule has 0 aliphatic carbocycles. The summed E-state index contributed by atoms with van der Waals surface area (Å²) in [4.78, 5) is 2.20. The van der Waals surface area contributed by atoms with E-state index in [-0.39, 0.29) is 0 Å². The van der Waals surface area contributed by atoms with Gasteiger partial charge in [-0.3, -0.25) is 9.58 Å². The number of nitrogens with zero attached hydrogens (tertiary/aromatic N) is 3. The van der Waals surface area contributed by atoms with Crippen LogP contribution in [0.2, 0.25) is 0 Å². The summed E-state index contributed by atoms with van der Waals surface area (Å²) in [6, 6.07) is 8.38. The van der Waals surface area contributed by atoms with E-state index < -0.39 is 0 Å². The number of hydrogen-bond acceptors (Lipinski definition) is 2. The van der Waals surface area contributed by atoms with Crippen LogP contribution in [0.4, 0.5) is 0 Å². The van der Waals surface area contributed by atoms with Crippen LogP contribution in [0, 0.1) is 0 Å². The Hall–Kier alpha value is -1.06. The van der Waals surface area contributed by atoms with Gasteiger partial charge in [-0.2, -0.15) is 5.10 Å². The molecule has 0 aliphatic heterocycles. The average Bonchev–Trinajstić information content (AvgIpc) is 2.68. The molecule has 1 aromatic heterocycles. The van der Waals surface area contributed by atoms with Crippen LogP contribution >= 0.6 is 11.6 Å². The van der Waals surface area contributed by atoms with E-state index in [0.717, 1.165) is 25.3 Å². The quantitative estimate of drug-likeness (QED) is 0.762. The average molecular weight is 252 g/mol. The minimum atomic E-state index is 0.656. The van der Waals surface area contributed by atoms with Crippen molar-refractivity contribution in [1.82, 2.24) is 14.7 Å². The highest BCUT2D eigenvalue weighted by atomic mass is 35.5. The van der Waals surface area contributed by atoms with Gasteiger partial charge in [0, 0.05) is 30.9 Å². The zero-order valence-electron chi connectivity index (χ0n) is 10.4. The summed E-state index contributed by atoms with van der Waals surface area (Å²) in [5.74, 6) is 0.656. The summed E-state index contributed by atoms with van der Waals surface area (Å²) in [5, 5.41) is 5.91. The molecular formula is C13H18ClN3. The summed E-state index contributed by atoms with van der Waals surface area (Å²) in [5.41, 5.74) is 2.35. The first kappa shape index (κ1) is 12.4. The Morgan fingerprint density at radius 2 is 2.12 bits per heavy atom. The van der Waals surface area contributed by atoms with Crippen LogP contribution in [0.25, 0.3) is 10.9 Å². The molecule has 0 fully saturated rings. The van der Waals surface area contributed by atoms with Crippen molar-refractivity contribution in [3.63, 3.8) is 0 Å². The molecule has 92 valence electrons. The van der Waals surface area contributed by atoms with Gasteiger partial charge < -0.3 is 0 Å². The van der Waals surface area contributed by atoms with Crippen molar-refractivity contribution in [2.75, 3.05) is 19.5 Å². The van der Waals surface area contributed by atoms with Crippen LogP contribution in [0.3, 0.4) is 0 Å². The number of rotatable bonds is 5. The first-order valence-corrected chi connectivity index (χ1v) is 6.48. The van der Waals surface area contributed by atoms with E-state index in [1.165, 1.54) is 10.9 Å². The maximum atomic E-state index is 5.75. The van der Waals surface area contributed by atoms with Crippen molar-refractivity contribution in [2.24, 2.45) is 0 Å². The molecule has 4 heteroatoms. The van der Waals surface area contributed by atoms with Crippen LogP contribution in [0.1, 0.15) is 12.6 Å². The van der Waals surface area contributed by atoms with Crippen molar-refractivity contribution in [3.05, 3.63) is 30.0 Å². The summed E-state index contributed by atoms with van der Waals surface area (Å²) in [7, 11) is 2.07. The maximum Gasteiger partial charge on any atom is 0.0843 e. The Morgan fingerprint density at radius 1 is 1.35 bits per heavy atom. The zero-order valence-corrected chi connectivity index (χ0v) is 11.1. The third-order valence-corrected chi connectivity index (χ3v) is 3.09. The first-order chi connectivity index (χ1) is 8.26. The third kappa shape index (κ3) is 2.61. The van der Waals surface area contributed by atoms with Crippen LogP contribution in [-0.4, -0.2) is 34.2 Å². The smallest absolute Gasteiger partial charge is 0.0843 e. The molecule has 3 nitrogen and oxygen atoms in total. The molecule has 0 atom stereocenters. The van der Waals surface area contributed by atoms with Gasteiger partial charge in [-0.15, -0.1) is 11.6 Å². The lowest BCUT2D eigenvalue weighted by Gasteiger charge is -2.12. The summed E-state index contributed by atoms with van der Waals surface area (Å²) < 4.78 is 2.05. The molecule has 0 unspecified atom stereocenters. The maximum absolute atomic E-state index is 5.75. The molecule has 0 saturated carbocycles. The fourth-order valence-corrected chi connectivity index (χ4v) is 2.32. The molecule has 2 rings (SSSR count). The second kappa shape index (κ2) is 5.52. The van der Waals surface area contributed by atoms with E-state index in [1.54, 1.807) is 0 Å². The van der Waals surface area contributed by atoms with Gasteiger partial charge in [0.2, 0.25) is 0 Å². The highest BCUT2D eigenvalue weighted by molar-refractivity contribution is 6.18. The lowest BCUT2D eigenvalue weighted by molar-refractivity contribution is 0.342. The molecule has 0 aliphatic rings. The minimum absolute atomic E-state index is 0.656. The van der Waals surface area contributed by atoms with Crippen molar-refractivity contribution >= 4 is 22.5 Å². The highest BCUT2D eigenvalue weighted by Gasteiger charge is 2.10. The number of aryl methyl sites for hydroxylation is 1. The standard InChI is InChI=1S/C13H18ClN3/c1-3-17-13-7-5-4-6-11(13)12(15-17)10-16(2)9-8-14/h4-7H,3,8-10H2,1-2H3. The number of benzene rings is 1. The molecular weight excluding hydrogens is 234 g/mol. The first-order valence-electron chi connectivity index (χ1n) is 5.95. The van der Waals surface area contributed by atoms with Crippen LogP contribution in [0.5, 0.6) is 0 Å². The fraction of sp³-hybridized carbons (Fsp3) is 0.462. The van der Waals surface area contributed by atoms with Gasteiger partial charge in [0.05, 0.1) is 11.2 Å². The Morgan fingerprint density at radius 3 is 2.82 bits per heavy atom. The molecule has 1 aromatic carbocycles. The van der Waals surface area contributed by atoms with Gasteiger partial charge in [0.25, 0.3) is 0 Å². The van der Waals surface area contributed by atoms with E-state index in [2.05, 4.69) is 52.9 Å². The van der Waals surface area contributed by atoms with Crippen molar-refractivity contribution in [2.45, 2.75) is 20.0 Å². The second-order valence-corrected chi connectivity index (χ2v) is 4.58. The molecule has 0 bridgehead atoms. The predicted octanol–water partition coefficient (Wildman–Crippen LogP) is 2.73. The van der Waals surface area contributed by atoms with E-state index in [9.17, 15) is 0 Å². The zero-order chi connectivity index (χ0) is 12.3. The molecule has 2 aromatic rings. The number of fused-ring (bicyclic) bond motifs is 1. The van der Waals surface area contributed by atoms with Gasteiger partial charge in [-0.05, 0) is 20.0 Å². The van der Waals surface area contributed by atoms with Gasteiger partial charge in [0.15, 0.2) is 0 Å². The second-order valence-electron chi connectivity index (χ2n) is 4.21.